The Labute approximate surface area is 83.1 Å². The summed E-state index contributed by atoms with van der Waals surface area (Å²) in [7, 11) is 0. The molecule has 0 N–H and O–H groups in total. The van der Waals surface area contributed by atoms with Gasteiger partial charge >= 0.3 is 0 Å². The Morgan fingerprint density at radius 2 is 2.08 bits per heavy atom. The van der Waals surface area contributed by atoms with E-state index in [9.17, 15) is 0 Å². The Kier molecular flexibility index (Phi) is 3.33. The summed E-state index contributed by atoms with van der Waals surface area (Å²) < 4.78 is 1.22. The minimum atomic E-state index is 0.669. The highest BCUT2D eigenvalue weighted by Gasteiger charge is 2.07. The standard InChI is InChI=1S/C11H15Br/c1-4-8(2)10-6-5-7-11(12)9(10)3/h5-8H,4H2,1-3H3. The molecule has 0 radical (unpaired) electrons. The van der Waals surface area contributed by atoms with Crippen LogP contribution >= 0.6 is 15.9 Å². The van der Waals surface area contributed by atoms with Crippen LogP contribution < -0.4 is 0 Å². The molecule has 0 aliphatic heterocycles. The van der Waals surface area contributed by atoms with Crippen LogP contribution in [-0.2, 0) is 0 Å². The fraction of sp³-hybridized carbons (Fsp3) is 0.455. The largest absolute Gasteiger partial charge is 0.0648 e. The van der Waals surface area contributed by atoms with Crippen molar-refractivity contribution in [2.45, 2.75) is 33.1 Å². The molecule has 1 atom stereocenters. The minimum Gasteiger partial charge on any atom is -0.0648 e. The molecule has 1 rings (SSSR count). The fourth-order valence-corrected chi connectivity index (χ4v) is 1.76. The number of hydrogen-bond donors (Lipinski definition) is 0. The lowest BCUT2D eigenvalue weighted by atomic mass is 9.95. The van der Waals surface area contributed by atoms with E-state index in [1.54, 1.807) is 0 Å². The van der Waals surface area contributed by atoms with Gasteiger partial charge in [0.25, 0.3) is 0 Å². The van der Waals surface area contributed by atoms with Gasteiger partial charge in [0.2, 0.25) is 0 Å². The minimum absolute atomic E-state index is 0.669. The van der Waals surface area contributed by atoms with Crippen molar-refractivity contribution in [3.8, 4) is 0 Å². The summed E-state index contributed by atoms with van der Waals surface area (Å²) in [5.74, 6) is 0.669. The van der Waals surface area contributed by atoms with E-state index < -0.39 is 0 Å². The molecule has 12 heavy (non-hydrogen) atoms. The van der Waals surface area contributed by atoms with Crippen LogP contribution in [0.2, 0.25) is 0 Å². The molecule has 1 aromatic carbocycles. The van der Waals surface area contributed by atoms with Crippen LogP contribution in [-0.4, -0.2) is 0 Å². The van der Waals surface area contributed by atoms with Gasteiger partial charge in [-0.3, -0.25) is 0 Å². The topological polar surface area (TPSA) is 0 Å². The summed E-state index contributed by atoms with van der Waals surface area (Å²) in [6.45, 7) is 6.67. The molecular formula is C11H15Br. The monoisotopic (exact) mass is 226 g/mol. The quantitative estimate of drug-likeness (QED) is 0.707. The third kappa shape index (κ3) is 1.89. The normalized spacial score (nSPS) is 13.0. The second kappa shape index (κ2) is 4.08. The lowest BCUT2D eigenvalue weighted by Gasteiger charge is -2.13. The first kappa shape index (κ1) is 9.79. The third-order valence-corrected chi connectivity index (χ3v) is 3.31. The van der Waals surface area contributed by atoms with Crippen molar-refractivity contribution in [3.05, 3.63) is 33.8 Å². The van der Waals surface area contributed by atoms with E-state index in [1.165, 1.54) is 22.0 Å². The van der Waals surface area contributed by atoms with Gasteiger partial charge in [-0.1, -0.05) is 41.9 Å². The molecule has 0 aromatic heterocycles. The predicted octanol–water partition coefficient (Wildman–Crippen LogP) is 4.27. The highest BCUT2D eigenvalue weighted by Crippen LogP contribution is 2.27. The molecule has 1 aromatic rings. The van der Waals surface area contributed by atoms with Crippen molar-refractivity contribution in [1.82, 2.24) is 0 Å². The van der Waals surface area contributed by atoms with E-state index in [0.29, 0.717) is 5.92 Å². The van der Waals surface area contributed by atoms with Crippen molar-refractivity contribution in [1.29, 1.82) is 0 Å². The van der Waals surface area contributed by atoms with Crippen LogP contribution in [0, 0.1) is 6.92 Å². The maximum atomic E-state index is 3.54. The zero-order chi connectivity index (χ0) is 9.14. The van der Waals surface area contributed by atoms with Crippen LogP contribution in [0.25, 0.3) is 0 Å². The molecule has 66 valence electrons. The Balaban J connectivity index is 3.07. The van der Waals surface area contributed by atoms with E-state index in [0.717, 1.165) is 0 Å². The maximum Gasteiger partial charge on any atom is 0.0207 e. The van der Waals surface area contributed by atoms with Gasteiger partial charge in [0.15, 0.2) is 0 Å². The van der Waals surface area contributed by atoms with Crippen molar-refractivity contribution in [2.24, 2.45) is 0 Å². The first-order valence-corrected chi connectivity index (χ1v) is 5.21. The Hall–Kier alpha value is -0.300. The molecule has 1 heteroatoms. The zero-order valence-corrected chi connectivity index (χ0v) is 9.48. The van der Waals surface area contributed by atoms with E-state index in [4.69, 9.17) is 0 Å². The van der Waals surface area contributed by atoms with Crippen LogP contribution in [0.3, 0.4) is 0 Å². The molecule has 0 amide bonds. The zero-order valence-electron chi connectivity index (χ0n) is 7.89. The Morgan fingerprint density at radius 3 is 2.67 bits per heavy atom. The van der Waals surface area contributed by atoms with E-state index >= 15 is 0 Å². The third-order valence-electron chi connectivity index (χ3n) is 2.45. The molecule has 0 spiro atoms. The lowest BCUT2D eigenvalue weighted by Crippen LogP contribution is -1.94. The molecule has 0 aliphatic carbocycles. The van der Waals surface area contributed by atoms with E-state index in [2.05, 4.69) is 54.9 Å². The summed E-state index contributed by atoms with van der Waals surface area (Å²) in [5, 5.41) is 0. The van der Waals surface area contributed by atoms with Crippen LogP contribution in [0.5, 0.6) is 0 Å². The highest BCUT2D eigenvalue weighted by atomic mass is 79.9. The van der Waals surface area contributed by atoms with Gasteiger partial charge in [-0.15, -0.1) is 0 Å². The van der Waals surface area contributed by atoms with Gasteiger partial charge in [-0.05, 0) is 36.5 Å². The first-order chi connectivity index (χ1) is 5.66. The molecule has 0 aliphatic rings. The van der Waals surface area contributed by atoms with Crippen LogP contribution in [0.15, 0.2) is 22.7 Å². The maximum absolute atomic E-state index is 3.54. The van der Waals surface area contributed by atoms with Gasteiger partial charge < -0.3 is 0 Å². The molecule has 0 nitrogen and oxygen atoms in total. The molecule has 0 fully saturated rings. The Morgan fingerprint density at radius 1 is 1.42 bits per heavy atom. The summed E-state index contributed by atoms with van der Waals surface area (Å²) in [5.41, 5.74) is 2.85. The van der Waals surface area contributed by atoms with Crippen molar-refractivity contribution >= 4 is 15.9 Å². The number of rotatable bonds is 2. The Bertz CT molecular complexity index is 266. The molecule has 0 heterocycles. The van der Waals surface area contributed by atoms with Crippen molar-refractivity contribution in [3.63, 3.8) is 0 Å². The van der Waals surface area contributed by atoms with E-state index in [1.807, 2.05) is 0 Å². The lowest BCUT2D eigenvalue weighted by molar-refractivity contribution is 0.727. The average Bonchev–Trinajstić information content (AvgIpc) is 2.08. The summed E-state index contributed by atoms with van der Waals surface area (Å²) in [6, 6.07) is 6.42. The number of hydrogen-bond acceptors (Lipinski definition) is 0. The second-order valence-corrected chi connectivity index (χ2v) is 4.12. The summed E-state index contributed by atoms with van der Waals surface area (Å²) in [4.78, 5) is 0. The van der Waals surface area contributed by atoms with Gasteiger partial charge in [0.05, 0.1) is 0 Å². The average molecular weight is 227 g/mol. The van der Waals surface area contributed by atoms with Gasteiger partial charge in [0.1, 0.15) is 0 Å². The molecule has 0 saturated carbocycles. The summed E-state index contributed by atoms with van der Waals surface area (Å²) in [6.07, 6.45) is 1.21. The molecule has 1 unspecified atom stereocenters. The van der Waals surface area contributed by atoms with Crippen LogP contribution in [0.1, 0.15) is 37.3 Å². The highest BCUT2D eigenvalue weighted by molar-refractivity contribution is 9.10. The smallest absolute Gasteiger partial charge is 0.0207 e. The molecular weight excluding hydrogens is 212 g/mol. The predicted molar refractivity (Wildman–Crippen MR) is 57.6 cm³/mol. The van der Waals surface area contributed by atoms with Gasteiger partial charge in [-0.2, -0.15) is 0 Å². The summed E-state index contributed by atoms with van der Waals surface area (Å²) >= 11 is 3.54. The first-order valence-electron chi connectivity index (χ1n) is 4.41. The van der Waals surface area contributed by atoms with Gasteiger partial charge in [0, 0.05) is 4.47 Å². The van der Waals surface area contributed by atoms with Gasteiger partial charge in [-0.25, -0.2) is 0 Å². The number of halogens is 1. The van der Waals surface area contributed by atoms with Crippen molar-refractivity contribution < 1.29 is 0 Å². The molecule has 0 saturated heterocycles. The fourth-order valence-electron chi connectivity index (χ4n) is 1.38. The second-order valence-electron chi connectivity index (χ2n) is 3.26. The van der Waals surface area contributed by atoms with Crippen molar-refractivity contribution in [2.75, 3.05) is 0 Å². The van der Waals surface area contributed by atoms with Crippen LogP contribution in [0.4, 0.5) is 0 Å². The SMILES string of the molecule is CCC(C)c1cccc(Br)c1C. The van der Waals surface area contributed by atoms with E-state index in [-0.39, 0.29) is 0 Å². The number of benzene rings is 1. The molecule has 0 bridgehead atoms.